The largest absolute Gasteiger partial charge is 0.508 e. The minimum absolute atomic E-state index is 0.413. The van der Waals surface area contributed by atoms with Gasteiger partial charge in [0.1, 0.15) is 5.76 Å². The molecule has 2 rings (SSSR count). The second-order valence-electron chi connectivity index (χ2n) is 3.77. The molecule has 1 N–H and O–H groups in total. The van der Waals surface area contributed by atoms with Crippen molar-refractivity contribution in [3.63, 3.8) is 0 Å². The van der Waals surface area contributed by atoms with Gasteiger partial charge in [0.25, 0.3) is 0 Å². The molecule has 1 aromatic carbocycles. The number of aliphatic hydroxyl groups excluding tert-OH is 1. The molecule has 1 aliphatic heterocycles. The fourth-order valence-electron chi connectivity index (χ4n) is 1.83. The van der Waals surface area contributed by atoms with Gasteiger partial charge in [0, 0.05) is 10.5 Å². The molecule has 1 aliphatic rings. The fourth-order valence-corrected chi connectivity index (χ4v) is 2.85. The van der Waals surface area contributed by atoms with E-state index in [1.165, 1.54) is 22.6 Å². The molecule has 0 aliphatic carbocycles. The minimum atomic E-state index is 0.413. The molecule has 0 amide bonds. The maximum absolute atomic E-state index is 9.78. The van der Waals surface area contributed by atoms with E-state index < -0.39 is 0 Å². The van der Waals surface area contributed by atoms with Gasteiger partial charge in [0.15, 0.2) is 0 Å². The standard InChI is InChI=1S/C13H16OS/c1-2-4-12(14)10-6-7-13-11(9-10)5-3-8-15-13/h4,6-7,9,14H,2-3,5,8H2,1H3. The van der Waals surface area contributed by atoms with Crippen molar-refractivity contribution in [2.24, 2.45) is 0 Å². The molecule has 1 heterocycles. The van der Waals surface area contributed by atoms with Crippen LogP contribution in [0.1, 0.15) is 30.9 Å². The van der Waals surface area contributed by atoms with Crippen LogP contribution in [-0.4, -0.2) is 10.9 Å². The first kappa shape index (κ1) is 10.6. The third-order valence-electron chi connectivity index (χ3n) is 2.60. The lowest BCUT2D eigenvalue weighted by molar-refractivity contribution is 0.509. The van der Waals surface area contributed by atoms with Crippen LogP contribution in [0.4, 0.5) is 0 Å². The summed E-state index contributed by atoms with van der Waals surface area (Å²) >= 11 is 1.92. The van der Waals surface area contributed by atoms with Crippen molar-refractivity contribution in [2.45, 2.75) is 31.1 Å². The highest BCUT2D eigenvalue weighted by Crippen LogP contribution is 2.31. The maximum Gasteiger partial charge on any atom is 0.118 e. The predicted octanol–water partition coefficient (Wildman–Crippen LogP) is 4.03. The molecule has 0 spiro atoms. The molecule has 0 aromatic heterocycles. The van der Waals surface area contributed by atoms with Crippen molar-refractivity contribution >= 4 is 17.5 Å². The van der Waals surface area contributed by atoms with Crippen LogP contribution in [0.5, 0.6) is 0 Å². The number of benzene rings is 1. The Balaban J connectivity index is 2.31. The van der Waals surface area contributed by atoms with E-state index in [-0.39, 0.29) is 0 Å². The summed E-state index contributed by atoms with van der Waals surface area (Å²) < 4.78 is 0. The van der Waals surface area contributed by atoms with Gasteiger partial charge in [-0.15, -0.1) is 11.8 Å². The molecule has 1 aromatic rings. The topological polar surface area (TPSA) is 20.2 Å². The minimum Gasteiger partial charge on any atom is -0.508 e. The van der Waals surface area contributed by atoms with Gasteiger partial charge in [-0.2, -0.15) is 0 Å². The molecule has 0 radical (unpaired) electrons. The van der Waals surface area contributed by atoms with Crippen molar-refractivity contribution in [2.75, 3.05) is 5.75 Å². The monoisotopic (exact) mass is 220 g/mol. The number of allylic oxidation sites excluding steroid dienone is 1. The van der Waals surface area contributed by atoms with E-state index in [0.29, 0.717) is 5.76 Å². The first-order valence-electron chi connectivity index (χ1n) is 5.46. The SMILES string of the molecule is CCC=C(O)c1ccc2c(c1)CCCS2. The summed E-state index contributed by atoms with van der Waals surface area (Å²) in [5, 5.41) is 9.78. The zero-order chi connectivity index (χ0) is 10.7. The van der Waals surface area contributed by atoms with Crippen molar-refractivity contribution in [1.29, 1.82) is 0 Å². The van der Waals surface area contributed by atoms with Gasteiger partial charge in [0.2, 0.25) is 0 Å². The van der Waals surface area contributed by atoms with Gasteiger partial charge in [-0.1, -0.05) is 13.0 Å². The maximum atomic E-state index is 9.78. The Hall–Kier alpha value is -0.890. The van der Waals surface area contributed by atoms with E-state index >= 15 is 0 Å². The van der Waals surface area contributed by atoms with E-state index in [1.807, 2.05) is 30.8 Å². The molecule has 0 saturated carbocycles. The third kappa shape index (κ3) is 2.37. The van der Waals surface area contributed by atoms with Crippen molar-refractivity contribution < 1.29 is 5.11 Å². The number of fused-ring (bicyclic) bond motifs is 1. The van der Waals surface area contributed by atoms with E-state index in [0.717, 1.165) is 18.4 Å². The summed E-state index contributed by atoms with van der Waals surface area (Å²) in [5.41, 5.74) is 2.35. The average Bonchev–Trinajstić information content (AvgIpc) is 2.29. The van der Waals surface area contributed by atoms with Gasteiger partial charge in [-0.25, -0.2) is 0 Å². The Morgan fingerprint density at radius 3 is 3.20 bits per heavy atom. The van der Waals surface area contributed by atoms with Gasteiger partial charge >= 0.3 is 0 Å². The predicted molar refractivity (Wildman–Crippen MR) is 66.4 cm³/mol. The van der Waals surface area contributed by atoms with Crippen LogP contribution >= 0.6 is 11.8 Å². The summed E-state index contributed by atoms with van der Waals surface area (Å²) in [6.07, 6.45) is 5.13. The lowest BCUT2D eigenvalue weighted by Crippen LogP contribution is -1.99. The quantitative estimate of drug-likeness (QED) is 0.759. The zero-order valence-corrected chi connectivity index (χ0v) is 9.81. The molecule has 0 unspecified atom stereocenters. The van der Waals surface area contributed by atoms with Crippen LogP contribution in [0, 0.1) is 0 Å². The molecular weight excluding hydrogens is 204 g/mol. The number of thioether (sulfide) groups is 1. The molecule has 2 heteroatoms. The number of aryl methyl sites for hydroxylation is 1. The smallest absolute Gasteiger partial charge is 0.118 e. The van der Waals surface area contributed by atoms with Crippen molar-refractivity contribution in [3.05, 3.63) is 35.4 Å². The van der Waals surface area contributed by atoms with E-state index in [2.05, 4.69) is 12.1 Å². The molecule has 0 saturated heterocycles. The van der Waals surface area contributed by atoms with Gasteiger partial charge in [0.05, 0.1) is 0 Å². The summed E-state index contributed by atoms with van der Waals surface area (Å²) in [6.45, 7) is 2.03. The van der Waals surface area contributed by atoms with Crippen LogP contribution < -0.4 is 0 Å². The highest BCUT2D eigenvalue weighted by molar-refractivity contribution is 7.99. The van der Waals surface area contributed by atoms with Crippen LogP contribution in [0.25, 0.3) is 5.76 Å². The molecule has 80 valence electrons. The Labute approximate surface area is 95.2 Å². The van der Waals surface area contributed by atoms with Crippen LogP contribution in [0.15, 0.2) is 29.2 Å². The Morgan fingerprint density at radius 2 is 2.40 bits per heavy atom. The normalized spacial score (nSPS) is 16.2. The third-order valence-corrected chi connectivity index (χ3v) is 3.80. The zero-order valence-electron chi connectivity index (χ0n) is 8.99. The summed E-state index contributed by atoms with van der Waals surface area (Å²) in [7, 11) is 0. The molecule has 0 bridgehead atoms. The molecular formula is C13H16OS. The van der Waals surface area contributed by atoms with E-state index in [9.17, 15) is 5.11 Å². The second-order valence-corrected chi connectivity index (χ2v) is 4.91. The number of hydrogen-bond donors (Lipinski definition) is 1. The lowest BCUT2D eigenvalue weighted by atomic mass is 10.0. The highest BCUT2D eigenvalue weighted by Gasteiger charge is 2.10. The number of aliphatic hydroxyl groups is 1. The van der Waals surface area contributed by atoms with Crippen molar-refractivity contribution in [3.8, 4) is 0 Å². The van der Waals surface area contributed by atoms with Crippen LogP contribution in [0.3, 0.4) is 0 Å². The average molecular weight is 220 g/mol. The second kappa shape index (κ2) is 4.75. The lowest BCUT2D eigenvalue weighted by Gasteiger charge is -2.15. The van der Waals surface area contributed by atoms with Crippen LogP contribution in [0.2, 0.25) is 0 Å². The fraction of sp³-hybridized carbons (Fsp3) is 0.385. The van der Waals surface area contributed by atoms with E-state index in [4.69, 9.17) is 0 Å². The van der Waals surface area contributed by atoms with Crippen molar-refractivity contribution in [1.82, 2.24) is 0 Å². The first-order chi connectivity index (χ1) is 7.31. The molecule has 1 nitrogen and oxygen atoms in total. The Bertz CT molecular complexity index is 382. The highest BCUT2D eigenvalue weighted by atomic mass is 32.2. The van der Waals surface area contributed by atoms with Gasteiger partial charge in [-0.05, 0) is 48.8 Å². The summed E-state index contributed by atoms with van der Waals surface area (Å²) in [4.78, 5) is 1.38. The first-order valence-corrected chi connectivity index (χ1v) is 6.45. The van der Waals surface area contributed by atoms with E-state index in [1.54, 1.807) is 0 Å². The Morgan fingerprint density at radius 1 is 1.53 bits per heavy atom. The number of rotatable bonds is 2. The Kier molecular flexibility index (Phi) is 3.37. The van der Waals surface area contributed by atoms with Gasteiger partial charge in [-0.3, -0.25) is 0 Å². The van der Waals surface area contributed by atoms with Crippen LogP contribution in [-0.2, 0) is 6.42 Å². The molecule has 0 fully saturated rings. The molecule has 15 heavy (non-hydrogen) atoms. The molecule has 0 atom stereocenters. The number of hydrogen-bond acceptors (Lipinski definition) is 2. The van der Waals surface area contributed by atoms with Gasteiger partial charge < -0.3 is 5.11 Å². The summed E-state index contributed by atoms with van der Waals surface area (Å²) in [5.74, 6) is 1.64. The summed E-state index contributed by atoms with van der Waals surface area (Å²) in [6, 6.07) is 6.27.